The molecule has 0 aliphatic carbocycles. The number of rotatable bonds is 8. The molecule has 1 amide bonds. The highest BCUT2D eigenvalue weighted by molar-refractivity contribution is 7.14. The molecule has 146 valence electrons. The first kappa shape index (κ1) is 20.9. The Balaban J connectivity index is 1.71. The van der Waals surface area contributed by atoms with Crippen molar-refractivity contribution >= 4 is 28.3 Å². The minimum Gasteiger partial charge on any atom is -0.494 e. The third-order valence-electron chi connectivity index (χ3n) is 3.77. The van der Waals surface area contributed by atoms with E-state index in [0.717, 1.165) is 5.75 Å². The van der Waals surface area contributed by atoms with Crippen LogP contribution in [0, 0.1) is 0 Å². The lowest BCUT2D eigenvalue weighted by molar-refractivity contribution is -0.116. The van der Waals surface area contributed by atoms with E-state index in [9.17, 15) is 9.59 Å². The zero-order valence-corrected chi connectivity index (χ0v) is 17.0. The Kier molecular flexibility index (Phi) is 7.36. The topological polar surface area (TPSA) is 77.5 Å². The summed E-state index contributed by atoms with van der Waals surface area (Å²) >= 11 is 1.20. The van der Waals surface area contributed by atoms with Crippen molar-refractivity contribution < 1.29 is 19.1 Å². The maximum atomic E-state index is 12.0. The Morgan fingerprint density at radius 3 is 2.52 bits per heavy atom. The molecule has 0 saturated carbocycles. The van der Waals surface area contributed by atoms with E-state index < -0.39 is 5.97 Å². The minimum atomic E-state index is -0.486. The number of benzene rings is 1. The molecule has 0 atom stereocenters. The number of amides is 1. The van der Waals surface area contributed by atoms with Crippen LogP contribution in [0.2, 0.25) is 0 Å². The molecule has 2 rings (SSSR count). The Labute approximate surface area is 163 Å². The lowest BCUT2D eigenvalue weighted by Crippen LogP contribution is -2.13. The smallest absolute Gasteiger partial charge is 0.357 e. The van der Waals surface area contributed by atoms with Crippen molar-refractivity contribution in [1.29, 1.82) is 0 Å². The van der Waals surface area contributed by atoms with E-state index in [0.29, 0.717) is 24.6 Å². The molecule has 6 nitrogen and oxygen atoms in total. The molecular formula is C20H26N2O4S. The van der Waals surface area contributed by atoms with Crippen LogP contribution >= 0.6 is 11.3 Å². The van der Waals surface area contributed by atoms with Gasteiger partial charge in [-0.2, -0.15) is 0 Å². The van der Waals surface area contributed by atoms with Crippen molar-refractivity contribution in [2.45, 2.75) is 46.0 Å². The molecule has 7 heteroatoms. The second-order valence-corrected chi connectivity index (χ2v) is 7.89. The number of carbonyl (C=O) groups excluding carboxylic acids is 2. The van der Waals surface area contributed by atoms with Crippen molar-refractivity contribution in [1.82, 2.24) is 4.98 Å². The Bertz CT molecular complexity index is 763. The van der Waals surface area contributed by atoms with E-state index in [2.05, 4.69) is 43.2 Å². The van der Waals surface area contributed by atoms with Crippen LogP contribution in [0.15, 0.2) is 29.6 Å². The highest BCUT2D eigenvalue weighted by Gasteiger charge is 2.14. The quantitative estimate of drug-likeness (QED) is 0.533. The van der Waals surface area contributed by atoms with E-state index >= 15 is 0 Å². The molecule has 0 aliphatic heterocycles. The van der Waals surface area contributed by atoms with Gasteiger partial charge in [0.25, 0.3) is 0 Å². The first-order chi connectivity index (χ1) is 12.8. The summed E-state index contributed by atoms with van der Waals surface area (Å²) in [6.45, 7) is 8.97. The summed E-state index contributed by atoms with van der Waals surface area (Å²) in [7, 11) is 0. The van der Waals surface area contributed by atoms with Crippen molar-refractivity contribution in [3.05, 3.63) is 40.9 Å². The number of esters is 1. The van der Waals surface area contributed by atoms with Gasteiger partial charge >= 0.3 is 5.97 Å². The monoisotopic (exact) mass is 390 g/mol. The van der Waals surface area contributed by atoms with Gasteiger partial charge in [-0.1, -0.05) is 32.9 Å². The predicted octanol–water partition coefficient (Wildman–Crippen LogP) is 4.42. The van der Waals surface area contributed by atoms with Crippen LogP contribution in [0.3, 0.4) is 0 Å². The van der Waals surface area contributed by atoms with Crippen molar-refractivity contribution in [2.75, 3.05) is 18.5 Å². The molecule has 0 aliphatic rings. The molecule has 0 saturated heterocycles. The number of nitrogens with one attached hydrogen (secondary N) is 1. The van der Waals surface area contributed by atoms with Gasteiger partial charge in [-0.25, -0.2) is 9.78 Å². The number of carbonyl (C=O) groups is 2. The number of thiazole rings is 1. The first-order valence-corrected chi connectivity index (χ1v) is 9.83. The molecule has 0 fully saturated rings. The zero-order valence-electron chi connectivity index (χ0n) is 16.2. The third kappa shape index (κ3) is 6.67. The normalized spacial score (nSPS) is 11.1. The molecule has 2 aromatic rings. The van der Waals surface area contributed by atoms with Crippen LogP contribution < -0.4 is 10.1 Å². The van der Waals surface area contributed by atoms with Gasteiger partial charge in [-0.05, 0) is 36.5 Å². The van der Waals surface area contributed by atoms with Crippen molar-refractivity contribution in [2.24, 2.45) is 0 Å². The fraction of sp³-hybridized carbons (Fsp3) is 0.450. The molecule has 1 aromatic carbocycles. The number of aromatic nitrogens is 1. The molecule has 1 N–H and O–H groups in total. The molecule has 0 unspecified atom stereocenters. The predicted molar refractivity (Wildman–Crippen MR) is 107 cm³/mol. The average molecular weight is 391 g/mol. The lowest BCUT2D eigenvalue weighted by Gasteiger charge is -2.19. The van der Waals surface area contributed by atoms with E-state index in [1.807, 2.05) is 12.1 Å². The molecule has 0 spiro atoms. The average Bonchev–Trinajstić information content (AvgIpc) is 3.07. The van der Waals surface area contributed by atoms with Crippen molar-refractivity contribution in [3.8, 4) is 5.75 Å². The van der Waals surface area contributed by atoms with E-state index in [4.69, 9.17) is 9.47 Å². The Morgan fingerprint density at radius 2 is 1.89 bits per heavy atom. The standard InChI is InChI=1S/C20H26N2O4S/c1-5-25-18(24)16-13-27-19(21-16)22-17(23)7-6-12-26-15-10-8-14(9-11-15)20(2,3)4/h8-11,13H,5-7,12H2,1-4H3,(H,21,22,23). The van der Waals surface area contributed by atoms with Gasteiger partial charge in [0, 0.05) is 11.8 Å². The summed E-state index contributed by atoms with van der Waals surface area (Å²) in [5, 5.41) is 4.65. The SMILES string of the molecule is CCOC(=O)c1csc(NC(=O)CCCOc2ccc(C(C)(C)C)cc2)n1. The largest absolute Gasteiger partial charge is 0.494 e. The second-order valence-electron chi connectivity index (χ2n) is 7.03. The van der Waals surface area contributed by atoms with Gasteiger partial charge in [0.1, 0.15) is 5.75 Å². The number of anilines is 1. The summed E-state index contributed by atoms with van der Waals surface area (Å²) in [6, 6.07) is 8.03. The van der Waals surface area contributed by atoms with Crippen LogP contribution in [0.5, 0.6) is 5.75 Å². The summed E-state index contributed by atoms with van der Waals surface area (Å²) in [5.74, 6) is 0.147. The molecular weight excluding hydrogens is 364 g/mol. The maximum absolute atomic E-state index is 12.0. The van der Waals surface area contributed by atoms with E-state index in [1.165, 1.54) is 16.9 Å². The molecule has 0 radical (unpaired) electrons. The Hall–Kier alpha value is -2.41. The van der Waals surface area contributed by atoms with Gasteiger partial charge in [-0.3, -0.25) is 4.79 Å². The molecule has 1 heterocycles. The molecule has 1 aromatic heterocycles. The highest BCUT2D eigenvalue weighted by atomic mass is 32.1. The Morgan fingerprint density at radius 1 is 1.19 bits per heavy atom. The zero-order chi connectivity index (χ0) is 19.9. The van der Waals surface area contributed by atoms with Gasteiger partial charge in [-0.15, -0.1) is 11.3 Å². The van der Waals surface area contributed by atoms with Crippen LogP contribution in [-0.2, 0) is 14.9 Å². The van der Waals surface area contributed by atoms with Crippen molar-refractivity contribution in [3.63, 3.8) is 0 Å². The van der Waals surface area contributed by atoms with E-state index in [1.54, 1.807) is 12.3 Å². The van der Waals surface area contributed by atoms with Gasteiger partial charge < -0.3 is 14.8 Å². The summed E-state index contributed by atoms with van der Waals surface area (Å²) in [6.07, 6.45) is 0.900. The molecule has 27 heavy (non-hydrogen) atoms. The summed E-state index contributed by atoms with van der Waals surface area (Å²) < 4.78 is 10.6. The number of hydrogen-bond acceptors (Lipinski definition) is 6. The fourth-order valence-corrected chi connectivity index (χ4v) is 2.98. The fourth-order valence-electron chi connectivity index (χ4n) is 2.29. The number of hydrogen-bond donors (Lipinski definition) is 1. The van der Waals surface area contributed by atoms with Gasteiger partial charge in [0.2, 0.25) is 5.91 Å². The van der Waals surface area contributed by atoms with Crippen LogP contribution in [0.1, 0.15) is 56.6 Å². The van der Waals surface area contributed by atoms with Gasteiger partial charge in [0.05, 0.1) is 13.2 Å². The maximum Gasteiger partial charge on any atom is 0.357 e. The first-order valence-electron chi connectivity index (χ1n) is 8.95. The van der Waals surface area contributed by atoms with E-state index in [-0.39, 0.29) is 23.6 Å². The summed E-state index contributed by atoms with van der Waals surface area (Å²) in [4.78, 5) is 27.6. The highest BCUT2D eigenvalue weighted by Crippen LogP contribution is 2.24. The third-order valence-corrected chi connectivity index (χ3v) is 4.53. The van der Waals surface area contributed by atoms with Crippen LogP contribution in [-0.4, -0.2) is 30.1 Å². The lowest BCUT2D eigenvalue weighted by atomic mass is 9.87. The summed E-state index contributed by atoms with van der Waals surface area (Å²) in [5.41, 5.74) is 1.57. The molecule has 0 bridgehead atoms. The second kappa shape index (κ2) is 9.50. The van der Waals surface area contributed by atoms with Crippen LogP contribution in [0.25, 0.3) is 0 Å². The number of nitrogens with zero attached hydrogens (tertiary/aromatic N) is 1. The number of ether oxygens (including phenoxy) is 2. The minimum absolute atomic E-state index is 0.111. The van der Waals surface area contributed by atoms with Gasteiger partial charge in [0.15, 0.2) is 10.8 Å². The van der Waals surface area contributed by atoms with Crippen LogP contribution in [0.4, 0.5) is 5.13 Å².